The van der Waals surface area contributed by atoms with Gasteiger partial charge in [-0.3, -0.25) is 4.90 Å². The maximum absolute atomic E-state index is 4.55. The van der Waals surface area contributed by atoms with Crippen molar-refractivity contribution in [2.45, 2.75) is 57.7 Å². The third-order valence-electron chi connectivity index (χ3n) is 6.19. The molecule has 0 amide bonds. The Morgan fingerprint density at radius 3 is 2.37 bits per heavy atom. The summed E-state index contributed by atoms with van der Waals surface area (Å²) in [5.74, 6) is 1.42. The molecular weight excluding hydrogens is 374 g/mol. The Hall–Kier alpha value is -2.93. The second-order valence-electron chi connectivity index (χ2n) is 9.34. The average molecular weight is 406 g/mol. The molecule has 1 fully saturated rings. The van der Waals surface area contributed by atoms with Crippen LogP contribution in [0.2, 0.25) is 0 Å². The van der Waals surface area contributed by atoms with Gasteiger partial charge in [0, 0.05) is 35.1 Å². The van der Waals surface area contributed by atoms with Gasteiger partial charge in [0.15, 0.2) is 0 Å². The van der Waals surface area contributed by atoms with E-state index in [1.165, 1.54) is 0 Å². The van der Waals surface area contributed by atoms with Crippen molar-refractivity contribution >= 4 is 17.5 Å². The molecule has 1 saturated heterocycles. The summed E-state index contributed by atoms with van der Waals surface area (Å²) >= 11 is 0. The van der Waals surface area contributed by atoms with Crippen LogP contribution in [0.5, 0.6) is 0 Å². The Balaban J connectivity index is 1.48. The van der Waals surface area contributed by atoms with E-state index in [9.17, 15) is 0 Å². The molecule has 0 spiro atoms. The minimum Gasteiger partial charge on any atom is -0.367 e. The number of benzene rings is 1. The van der Waals surface area contributed by atoms with Gasteiger partial charge >= 0.3 is 0 Å². The highest BCUT2D eigenvalue weighted by Gasteiger charge is 2.43. The lowest BCUT2D eigenvalue weighted by molar-refractivity contribution is -0.00772. The Labute approximate surface area is 178 Å². The highest BCUT2D eigenvalue weighted by atomic mass is 15.4. The molecule has 2 aromatic heterocycles. The van der Waals surface area contributed by atoms with Crippen molar-refractivity contribution in [3.8, 4) is 5.69 Å². The van der Waals surface area contributed by atoms with E-state index in [-0.39, 0.29) is 11.1 Å². The van der Waals surface area contributed by atoms with Crippen molar-refractivity contribution in [2.24, 2.45) is 0 Å². The van der Waals surface area contributed by atoms with Crippen LogP contribution in [-0.4, -0.2) is 48.8 Å². The predicted octanol–water partition coefficient (Wildman–Crippen LogP) is 4.47. The monoisotopic (exact) mass is 405 g/mol. The molecule has 7 nitrogen and oxygen atoms in total. The number of aromatic nitrogens is 4. The lowest BCUT2D eigenvalue weighted by Crippen LogP contribution is -2.61. The van der Waals surface area contributed by atoms with Crippen LogP contribution in [-0.2, 0) is 0 Å². The van der Waals surface area contributed by atoms with E-state index >= 15 is 0 Å². The number of para-hydroxylation sites is 1. The maximum atomic E-state index is 4.55. The molecule has 3 aromatic rings. The highest BCUT2D eigenvalue weighted by Crippen LogP contribution is 2.37. The summed E-state index contributed by atoms with van der Waals surface area (Å²) in [7, 11) is 2.22. The molecule has 1 aliphatic heterocycles. The average Bonchev–Trinajstić information content (AvgIpc) is 3.15. The second kappa shape index (κ2) is 7.72. The van der Waals surface area contributed by atoms with E-state index in [2.05, 4.69) is 65.3 Å². The number of pyridine rings is 1. The Morgan fingerprint density at radius 1 is 0.967 bits per heavy atom. The van der Waals surface area contributed by atoms with Gasteiger partial charge in [0.05, 0.1) is 5.69 Å². The van der Waals surface area contributed by atoms with Gasteiger partial charge in [-0.1, -0.05) is 18.2 Å². The number of anilines is 3. The smallest absolute Gasteiger partial charge is 0.246 e. The molecule has 0 aliphatic carbocycles. The lowest BCUT2D eigenvalue weighted by atomic mass is 9.77. The Kier molecular flexibility index (Phi) is 5.24. The molecule has 30 heavy (non-hydrogen) atoms. The van der Waals surface area contributed by atoms with Crippen LogP contribution in [0.1, 0.15) is 40.5 Å². The van der Waals surface area contributed by atoms with Crippen molar-refractivity contribution in [1.82, 2.24) is 24.6 Å². The largest absolute Gasteiger partial charge is 0.367 e. The molecule has 0 unspecified atom stereocenters. The molecular formula is C23H31N7. The number of piperidine rings is 1. The van der Waals surface area contributed by atoms with E-state index < -0.39 is 0 Å². The first-order valence-electron chi connectivity index (χ1n) is 10.4. The van der Waals surface area contributed by atoms with E-state index in [1.807, 2.05) is 48.7 Å². The first kappa shape index (κ1) is 20.3. The Morgan fingerprint density at radius 2 is 1.67 bits per heavy atom. The van der Waals surface area contributed by atoms with Gasteiger partial charge in [-0.15, -0.1) is 5.10 Å². The molecule has 2 N–H and O–H groups in total. The maximum Gasteiger partial charge on any atom is 0.246 e. The molecule has 0 saturated carbocycles. The zero-order valence-corrected chi connectivity index (χ0v) is 18.4. The number of rotatable bonds is 5. The van der Waals surface area contributed by atoms with Crippen molar-refractivity contribution in [3.63, 3.8) is 0 Å². The zero-order valence-electron chi connectivity index (χ0n) is 18.4. The van der Waals surface area contributed by atoms with Crippen LogP contribution >= 0.6 is 0 Å². The number of nitrogens with one attached hydrogen (secondary N) is 2. The van der Waals surface area contributed by atoms with Crippen molar-refractivity contribution in [3.05, 3.63) is 55.0 Å². The van der Waals surface area contributed by atoms with Crippen LogP contribution in [0, 0.1) is 0 Å². The summed E-state index contributed by atoms with van der Waals surface area (Å²) < 4.78 is 1.76. The minimum absolute atomic E-state index is 0.126. The van der Waals surface area contributed by atoms with Gasteiger partial charge < -0.3 is 10.6 Å². The fraction of sp³-hybridized carbons (Fsp3) is 0.435. The standard InChI is InChI=1S/C23H31N7/c1-22(2)14-18(15-23(3,4)29(22)5)26-20-13-19(11-12-24-20)30-16-25-21(28-30)27-17-9-7-6-8-10-17/h6-13,16,18H,14-15H2,1-5H3,(H,24,26)(H,27,28). The zero-order chi connectivity index (χ0) is 21.4. The van der Waals surface area contributed by atoms with Gasteiger partial charge in [0.1, 0.15) is 12.1 Å². The summed E-state index contributed by atoms with van der Waals surface area (Å²) in [5.41, 5.74) is 2.13. The normalized spacial score (nSPS) is 18.8. The van der Waals surface area contributed by atoms with E-state index in [0.29, 0.717) is 12.0 Å². The van der Waals surface area contributed by atoms with Gasteiger partial charge in [-0.25, -0.2) is 9.67 Å². The van der Waals surface area contributed by atoms with E-state index in [4.69, 9.17) is 0 Å². The molecule has 0 radical (unpaired) electrons. The fourth-order valence-electron chi connectivity index (χ4n) is 4.42. The van der Waals surface area contributed by atoms with Crippen molar-refractivity contribution < 1.29 is 0 Å². The third-order valence-corrected chi connectivity index (χ3v) is 6.19. The first-order valence-corrected chi connectivity index (χ1v) is 10.4. The van der Waals surface area contributed by atoms with Gasteiger partial charge in [0.25, 0.3) is 0 Å². The molecule has 7 heteroatoms. The molecule has 0 atom stereocenters. The topological polar surface area (TPSA) is 70.9 Å². The van der Waals surface area contributed by atoms with Gasteiger partial charge in [0.2, 0.25) is 5.95 Å². The SMILES string of the molecule is CN1C(C)(C)CC(Nc2cc(-n3cnc(Nc4ccccc4)n3)ccn2)CC1(C)C. The Bertz CT molecular complexity index is 976. The molecule has 0 bridgehead atoms. The van der Waals surface area contributed by atoms with Crippen LogP contribution in [0.4, 0.5) is 17.5 Å². The lowest BCUT2D eigenvalue weighted by Gasteiger charge is -2.53. The number of hydrogen-bond donors (Lipinski definition) is 2. The van der Waals surface area contributed by atoms with Crippen LogP contribution in [0.15, 0.2) is 55.0 Å². The van der Waals surface area contributed by atoms with Crippen LogP contribution < -0.4 is 10.6 Å². The van der Waals surface area contributed by atoms with Gasteiger partial charge in [-0.05, 0) is 65.8 Å². The minimum atomic E-state index is 0.126. The molecule has 158 valence electrons. The summed E-state index contributed by atoms with van der Waals surface area (Å²) in [4.78, 5) is 11.4. The van der Waals surface area contributed by atoms with Crippen LogP contribution in [0.25, 0.3) is 5.69 Å². The summed E-state index contributed by atoms with van der Waals surface area (Å²) in [6.45, 7) is 9.23. The van der Waals surface area contributed by atoms with Crippen molar-refractivity contribution in [1.29, 1.82) is 0 Å². The molecule has 1 aliphatic rings. The molecule has 1 aromatic carbocycles. The first-order chi connectivity index (χ1) is 14.2. The number of nitrogens with zero attached hydrogens (tertiary/aromatic N) is 5. The third kappa shape index (κ3) is 4.31. The van der Waals surface area contributed by atoms with E-state index in [1.54, 1.807) is 11.0 Å². The summed E-state index contributed by atoms with van der Waals surface area (Å²) in [5, 5.41) is 11.4. The summed E-state index contributed by atoms with van der Waals surface area (Å²) in [6.07, 6.45) is 5.65. The number of hydrogen-bond acceptors (Lipinski definition) is 6. The predicted molar refractivity (Wildman–Crippen MR) is 121 cm³/mol. The quantitative estimate of drug-likeness (QED) is 0.653. The molecule has 3 heterocycles. The highest BCUT2D eigenvalue weighted by molar-refractivity contribution is 5.52. The number of likely N-dealkylation sites (tertiary alicyclic amines) is 1. The van der Waals surface area contributed by atoms with Crippen LogP contribution in [0.3, 0.4) is 0 Å². The van der Waals surface area contributed by atoms with E-state index in [0.717, 1.165) is 30.0 Å². The van der Waals surface area contributed by atoms with Crippen molar-refractivity contribution in [2.75, 3.05) is 17.7 Å². The molecule has 4 rings (SSSR count). The fourth-order valence-corrected chi connectivity index (χ4v) is 4.42. The van der Waals surface area contributed by atoms with Gasteiger partial charge in [-0.2, -0.15) is 4.98 Å². The summed E-state index contributed by atoms with van der Waals surface area (Å²) in [6, 6.07) is 14.2. The second-order valence-corrected chi connectivity index (χ2v) is 9.34.